The molecule has 0 radical (unpaired) electrons. The Morgan fingerprint density at radius 1 is 1.00 bits per heavy atom. The molecule has 0 atom stereocenters. The lowest BCUT2D eigenvalue weighted by molar-refractivity contribution is -0.120. The molecule has 1 N–H and O–H groups in total. The van der Waals surface area contributed by atoms with Gasteiger partial charge in [-0.2, -0.15) is 0 Å². The minimum absolute atomic E-state index is 0.119. The van der Waals surface area contributed by atoms with Crippen LogP contribution in [-0.4, -0.2) is 30.6 Å². The number of benzene rings is 3. The van der Waals surface area contributed by atoms with Crippen LogP contribution in [0.25, 0.3) is 0 Å². The summed E-state index contributed by atoms with van der Waals surface area (Å²) in [6.07, 6.45) is 0. The summed E-state index contributed by atoms with van der Waals surface area (Å²) in [5.74, 6) is -1.45. The highest BCUT2D eigenvalue weighted by Gasteiger charge is 2.27. The Kier molecular flexibility index (Phi) is 6.46. The van der Waals surface area contributed by atoms with Crippen molar-refractivity contribution in [2.75, 3.05) is 23.3 Å². The number of halogens is 4. The summed E-state index contributed by atoms with van der Waals surface area (Å²) < 4.78 is 13.4. The monoisotopic (exact) mass is 489 g/mol. The van der Waals surface area contributed by atoms with E-state index >= 15 is 0 Å². The number of fused-ring (bicyclic) bond motifs is 1. The fourth-order valence-corrected chi connectivity index (χ4v) is 3.94. The topological polar surface area (TPSA) is 61.8 Å². The maximum absolute atomic E-state index is 13.4. The molecular weight excluding hydrogens is 476 g/mol. The van der Waals surface area contributed by atoms with E-state index in [-0.39, 0.29) is 24.0 Å². The van der Waals surface area contributed by atoms with Crippen LogP contribution in [0.3, 0.4) is 0 Å². The maximum Gasteiger partial charge on any atom is 0.249 e. The normalized spacial score (nSPS) is 13.3. The Balaban J connectivity index is 1.68. The van der Waals surface area contributed by atoms with E-state index in [1.807, 2.05) is 6.07 Å². The predicted molar refractivity (Wildman–Crippen MR) is 126 cm³/mol. The van der Waals surface area contributed by atoms with Crippen LogP contribution in [0.1, 0.15) is 11.1 Å². The summed E-state index contributed by atoms with van der Waals surface area (Å²) in [5, 5.41) is 3.43. The second-order valence-electron chi connectivity index (χ2n) is 6.96. The number of nitrogens with one attached hydrogen (secondary N) is 1. The largest absolute Gasteiger partial charge is 0.324 e. The minimum Gasteiger partial charge on any atom is -0.324 e. The summed E-state index contributed by atoms with van der Waals surface area (Å²) in [5.41, 5.74) is 2.53. The average Bonchev–Trinajstić information content (AvgIpc) is 2.88. The number of anilines is 2. The van der Waals surface area contributed by atoms with E-state index in [0.717, 1.165) is 6.07 Å². The zero-order valence-corrected chi connectivity index (χ0v) is 18.7. The molecule has 32 heavy (non-hydrogen) atoms. The molecule has 9 heteroatoms. The number of hydrogen-bond donors (Lipinski definition) is 1. The lowest BCUT2D eigenvalue weighted by Crippen LogP contribution is -2.39. The van der Waals surface area contributed by atoms with Gasteiger partial charge in [-0.15, -0.1) is 0 Å². The highest BCUT2D eigenvalue weighted by molar-refractivity contribution is 6.37. The number of benzodiazepines with no additional fused rings is 1. The maximum atomic E-state index is 13.4. The molecule has 4 rings (SSSR count). The first-order valence-corrected chi connectivity index (χ1v) is 10.6. The van der Waals surface area contributed by atoms with E-state index in [9.17, 15) is 14.0 Å². The molecule has 0 bridgehead atoms. The summed E-state index contributed by atoms with van der Waals surface area (Å²) in [6, 6.07) is 16.0. The smallest absolute Gasteiger partial charge is 0.249 e. The Morgan fingerprint density at radius 3 is 2.53 bits per heavy atom. The van der Waals surface area contributed by atoms with Gasteiger partial charge in [0.15, 0.2) is 0 Å². The fraction of sp³-hybridized carbons (Fsp3) is 0.0870. The molecule has 0 aliphatic carbocycles. The molecule has 0 saturated heterocycles. The number of rotatable bonds is 4. The highest BCUT2D eigenvalue weighted by Crippen LogP contribution is 2.31. The first kappa shape index (κ1) is 22.3. The van der Waals surface area contributed by atoms with Gasteiger partial charge in [-0.05, 0) is 42.5 Å². The summed E-state index contributed by atoms with van der Waals surface area (Å²) in [7, 11) is 0. The van der Waals surface area contributed by atoms with Gasteiger partial charge in [0.2, 0.25) is 11.8 Å². The fourth-order valence-electron chi connectivity index (χ4n) is 3.36. The first-order chi connectivity index (χ1) is 15.3. The van der Waals surface area contributed by atoms with Crippen LogP contribution in [0.2, 0.25) is 15.1 Å². The van der Waals surface area contributed by atoms with Crippen molar-refractivity contribution in [3.63, 3.8) is 0 Å². The second-order valence-corrected chi connectivity index (χ2v) is 8.21. The van der Waals surface area contributed by atoms with E-state index in [4.69, 9.17) is 34.8 Å². The van der Waals surface area contributed by atoms with Gasteiger partial charge in [0, 0.05) is 26.9 Å². The van der Waals surface area contributed by atoms with Crippen molar-refractivity contribution < 1.29 is 14.0 Å². The SMILES string of the molecule is O=C(CN1C(=O)CN=C(c2ccccc2Cl)c2cc(Cl)ccc21)Nc1ccc(F)c(Cl)c1. The molecule has 0 aromatic heterocycles. The molecule has 1 aliphatic rings. The van der Waals surface area contributed by atoms with Gasteiger partial charge in [-0.1, -0.05) is 53.0 Å². The number of aliphatic imine (C=N–C) groups is 1. The number of carbonyl (C=O) groups excluding carboxylic acids is 2. The molecule has 3 aromatic rings. The van der Waals surface area contributed by atoms with Crippen molar-refractivity contribution in [2.24, 2.45) is 4.99 Å². The van der Waals surface area contributed by atoms with Gasteiger partial charge in [-0.3, -0.25) is 14.6 Å². The van der Waals surface area contributed by atoms with Gasteiger partial charge in [0.1, 0.15) is 18.9 Å². The van der Waals surface area contributed by atoms with Crippen LogP contribution in [0.5, 0.6) is 0 Å². The summed E-state index contributed by atoms with van der Waals surface area (Å²) in [4.78, 5) is 31.4. The molecule has 162 valence electrons. The van der Waals surface area contributed by atoms with E-state index in [2.05, 4.69) is 10.3 Å². The summed E-state index contributed by atoms with van der Waals surface area (Å²) >= 11 is 18.4. The van der Waals surface area contributed by atoms with Crippen molar-refractivity contribution in [1.82, 2.24) is 0 Å². The Morgan fingerprint density at radius 2 is 1.78 bits per heavy atom. The van der Waals surface area contributed by atoms with Crippen molar-refractivity contribution in [3.05, 3.63) is 92.7 Å². The van der Waals surface area contributed by atoms with Gasteiger partial charge < -0.3 is 10.2 Å². The van der Waals surface area contributed by atoms with Gasteiger partial charge in [-0.25, -0.2) is 4.39 Å². The third-order valence-corrected chi connectivity index (χ3v) is 5.67. The standard InChI is InChI=1S/C23H15Cl3FN3O2/c24-13-5-8-20-16(9-13)23(15-3-1-2-4-17(15)25)28-11-22(32)30(20)12-21(31)29-14-6-7-19(27)18(26)10-14/h1-10H,11-12H2,(H,29,31). The zero-order valence-electron chi connectivity index (χ0n) is 16.4. The lowest BCUT2D eigenvalue weighted by Gasteiger charge is -2.23. The van der Waals surface area contributed by atoms with E-state index < -0.39 is 11.7 Å². The van der Waals surface area contributed by atoms with Crippen LogP contribution in [-0.2, 0) is 9.59 Å². The molecule has 0 fully saturated rings. The number of carbonyl (C=O) groups is 2. The van der Waals surface area contributed by atoms with Gasteiger partial charge in [0.05, 0.1) is 16.4 Å². The number of amides is 2. The molecule has 0 spiro atoms. The first-order valence-electron chi connectivity index (χ1n) is 9.48. The minimum atomic E-state index is -0.595. The third kappa shape index (κ3) is 4.63. The summed E-state index contributed by atoms with van der Waals surface area (Å²) in [6.45, 7) is -0.462. The lowest BCUT2D eigenvalue weighted by atomic mass is 10.00. The quantitative estimate of drug-likeness (QED) is 0.517. The van der Waals surface area contributed by atoms with Crippen LogP contribution < -0.4 is 10.2 Å². The molecule has 3 aromatic carbocycles. The average molecular weight is 491 g/mol. The molecule has 0 saturated carbocycles. The van der Waals surface area contributed by atoms with Gasteiger partial charge >= 0.3 is 0 Å². The zero-order chi connectivity index (χ0) is 22.8. The predicted octanol–water partition coefficient (Wildman–Crippen LogP) is 5.61. The van der Waals surface area contributed by atoms with Crippen molar-refractivity contribution in [2.45, 2.75) is 0 Å². The number of nitrogens with zero attached hydrogens (tertiary/aromatic N) is 2. The Labute approximate surface area is 198 Å². The highest BCUT2D eigenvalue weighted by atomic mass is 35.5. The Bertz CT molecular complexity index is 1260. The molecular formula is C23H15Cl3FN3O2. The molecule has 1 aliphatic heterocycles. The number of hydrogen-bond acceptors (Lipinski definition) is 3. The van der Waals surface area contributed by atoms with E-state index in [0.29, 0.717) is 38.3 Å². The van der Waals surface area contributed by atoms with E-state index in [1.54, 1.807) is 36.4 Å². The molecule has 2 amide bonds. The van der Waals surface area contributed by atoms with Crippen LogP contribution in [0.15, 0.2) is 65.7 Å². The molecule has 1 heterocycles. The van der Waals surface area contributed by atoms with Gasteiger partial charge in [0.25, 0.3) is 0 Å². The molecule has 0 unspecified atom stereocenters. The van der Waals surface area contributed by atoms with Crippen molar-refractivity contribution >= 4 is 63.7 Å². The van der Waals surface area contributed by atoms with Crippen LogP contribution in [0, 0.1) is 5.82 Å². The Hall–Kier alpha value is -2.93. The second kappa shape index (κ2) is 9.28. The van der Waals surface area contributed by atoms with Crippen molar-refractivity contribution in [1.29, 1.82) is 0 Å². The molecule has 5 nitrogen and oxygen atoms in total. The van der Waals surface area contributed by atoms with Crippen LogP contribution in [0.4, 0.5) is 15.8 Å². The van der Waals surface area contributed by atoms with Crippen molar-refractivity contribution in [3.8, 4) is 0 Å². The van der Waals surface area contributed by atoms with Crippen LogP contribution >= 0.6 is 34.8 Å². The third-order valence-electron chi connectivity index (χ3n) is 4.81. The van der Waals surface area contributed by atoms with E-state index in [1.165, 1.54) is 17.0 Å².